The van der Waals surface area contributed by atoms with Crippen LogP contribution >= 0.6 is 15.9 Å². The van der Waals surface area contributed by atoms with Gasteiger partial charge in [0.05, 0.1) is 0 Å². The van der Waals surface area contributed by atoms with Crippen molar-refractivity contribution in [2.45, 2.75) is 6.92 Å². The van der Waals surface area contributed by atoms with E-state index >= 15 is 0 Å². The standard InChI is InChI=1S/C12H11BrN2O/c1-3-12(11(8-14)15-2)16-10-6-4-9(13)5-7-10/h3-7H,1-2H3/b12-3+,15-11?. The average molecular weight is 279 g/mol. The minimum atomic E-state index is 0.283. The van der Waals surface area contributed by atoms with Gasteiger partial charge in [-0.15, -0.1) is 0 Å². The minimum Gasteiger partial charge on any atom is -0.455 e. The average Bonchev–Trinajstić information content (AvgIpc) is 2.32. The van der Waals surface area contributed by atoms with Crippen molar-refractivity contribution in [3.05, 3.63) is 40.6 Å². The molecule has 0 radical (unpaired) electrons. The molecule has 0 bridgehead atoms. The molecule has 0 heterocycles. The summed E-state index contributed by atoms with van der Waals surface area (Å²) in [6.07, 6.45) is 1.72. The van der Waals surface area contributed by atoms with Crippen molar-refractivity contribution >= 4 is 21.6 Å². The summed E-state index contributed by atoms with van der Waals surface area (Å²) >= 11 is 3.34. The van der Waals surface area contributed by atoms with Crippen LogP contribution in [0.4, 0.5) is 0 Å². The van der Waals surface area contributed by atoms with Crippen molar-refractivity contribution in [3.63, 3.8) is 0 Å². The Morgan fingerprint density at radius 3 is 2.50 bits per heavy atom. The Morgan fingerprint density at radius 2 is 2.06 bits per heavy atom. The van der Waals surface area contributed by atoms with Crippen LogP contribution in [0.3, 0.4) is 0 Å². The number of hydrogen-bond donors (Lipinski definition) is 0. The summed E-state index contributed by atoms with van der Waals surface area (Å²) in [5.41, 5.74) is 0.283. The van der Waals surface area contributed by atoms with Crippen LogP contribution in [0.2, 0.25) is 0 Å². The molecule has 0 aromatic heterocycles. The molecule has 0 saturated carbocycles. The maximum absolute atomic E-state index is 8.84. The van der Waals surface area contributed by atoms with Gasteiger partial charge in [-0.2, -0.15) is 5.26 Å². The van der Waals surface area contributed by atoms with Gasteiger partial charge in [-0.05, 0) is 37.3 Å². The Balaban J connectivity index is 2.88. The second-order valence-electron chi connectivity index (χ2n) is 2.89. The van der Waals surface area contributed by atoms with Gasteiger partial charge in [-0.3, -0.25) is 4.99 Å². The van der Waals surface area contributed by atoms with Crippen molar-refractivity contribution in [3.8, 4) is 11.8 Å². The van der Waals surface area contributed by atoms with Gasteiger partial charge in [0.1, 0.15) is 11.8 Å². The van der Waals surface area contributed by atoms with E-state index < -0.39 is 0 Å². The van der Waals surface area contributed by atoms with Crippen molar-refractivity contribution in [2.24, 2.45) is 4.99 Å². The summed E-state index contributed by atoms with van der Waals surface area (Å²) in [7, 11) is 1.56. The van der Waals surface area contributed by atoms with Gasteiger partial charge < -0.3 is 4.74 Å². The predicted molar refractivity (Wildman–Crippen MR) is 67.5 cm³/mol. The van der Waals surface area contributed by atoms with Crippen molar-refractivity contribution in [1.29, 1.82) is 5.26 Å². The van der Waals surface area contributed by atoms with Crippen LogP contribution in [0.1, 0.15) is 6.92 Å². The second kappa shape index (κ2) is 6.09. The quantitative estimate of drug-likeness (QED) is 0.629. The number of nitriles is 1. The van der Waals surface area contributed by atoms with Gasteiger partial charge in [0.2, 0.25) is 0 Å². The fraction of sp³-hybridized carbons (Fsp3) is 0.167. The molecule has 1 rings (SSSR count). The van der Waals surface area contributed by atoms with Crippen LogP contribution in [-0.2, 0) is 0 Å². The maximum Gasteiger partial charge on any atom is 0.177 e. The third-order valence-electron chi connectivity index (χ3n) is 1.87. The van der Waals surface area contributed by atoms with E-state index in [1.54, 1.807) is 20.0 Å². The van der Waals surface area contributed by atoms with Gasteiger partial charge in [-0.25, -0.2) is 0 Å². The Kier molecular flexibility index (Phi) is 4.74. The molecule has 1 aromatic carbocycles. The molecule has 3 nitrogen and oxygen atoms in total. The predicted octanol–water partition coefficient (Wildman–Crippen LogP) is 3.33. The summed E-state index contributed by atoms with van der Waals surface area (Å²) < 4.78 is 6.53. The molecule has 0 spiro atoms. The lowest BCUT2D eigenvalue weighted by molar-refractivity contribution is 0.454. The summed E-state index contributed by atoms with van der Waals surface area (Å²) in [5.74, 6) is 1.14. The molecule has 0 aliphatic heterocycles. The normalized spacial score (nSPS) is 12.1. The van der Waals surface area contributed by atoms with Crippen molar-refractivity contribution in [2.75, 3.05) is 7.05 Å². The lowest BCUT2D eigenvalue weighted by Crippen LogP contribution is -2.06. The lowest BCUT2D eigenvalue weighted by atomic mass is 10.3. The molecule has 0 N–H and O–H groups in total. The van der Waals surface area contributed by atoms with E-state index in [-0.39, 0.29) is 5.71 Å². The first-order chi connectivity index (χ1) is 7.71. The summed E-state index contributed by atoms with van der Waals surface area (Å²) in [4.78, 5) is 3.84. The van der Waals surface area contributed by atoms with E-state index in [0.29, 0.717) is 11.5 Å². The summed E-state index contributed by atoms with van der Waals surface area (Å²) in [5, 5.41) is 8.84. The number of nitrogens with zero attached hydrogens (tertiary/aromatic N) is 2. The zero-order valence-electron chi connectivity index (χ0n) is 9.07. The Hall–Kier alpha value is -1.60. The van der Waals surface area contributed by atoms with Crippen LogP contribution in [0.5, 0.6) is 5.75 Å². The topological polar surface area (TPSA) is 45.4 Å². The van der Waals surface area contributed by atoms with Gasteiger partial charge in [0, 0.05) is 11.5 Å². The van der Waals surface area contributed by atoms with Gasteiger partial charge in [0.15, 0.2) is 11.5 Å². The van der Waals surface area contributed by atoms with E-state index in [2.05, 4.69) is 20.9 Å². The van der Waals surface area contributed by atoms with E-state index in [0.717, 1.165) is 4.47 Å². The number of ether oxygens (including phenoxy) is 1. The first-order valence-electron chi connectivity index (χ1n) is 4.68. The first-order valence-corrected chi connectivity index (χ1v) is 5.47. The molecule has 0 amide bonds. The van der Waals surface area contributed by atoms with Crippen molar-refractivity contribution < 1.29 is 4.74 Å². The molecular formula is C12H11BrN2O. The summed E-state index contributed by atoms with van der Waals surface area (Å²) in [6, 6.07) is 9.36. The summed E-state index contributed by atoms with van der Waals surface area (Å²) in [6.45, 7) is 1.80. The maximum atomic E-state index is 8.84. The molecule has 82 valence electrons. The van der Waals surface area contributed by atoms with E-state index in [4.69, 9.17) is 10.00 Å². The monoisotopic (exact) mass is 278 g/mol. The molecule has 0 atom stereocenters. The molecule has 4 heteroatoms. The molecule has 0 aliphatic rings. The highest BCUT2D eigenvalue weighted by Crippen LogP contribution is 2.18. The smallest absolute Gasteiger partial charge is 0.177 e. The molecule has 1 aromatic rings. The molecular weight excluding hydrogens is 268 g/mol. The SMILES string of the molecule is C/C=C(/Oc1ccc(Br)cc1)C(C#N)=NC. The van der Waals surface area contributed by atoms with Crippen molar-refractivity contribution in [1.82, 2.24) is 0 Å². The highest BCUT2D eigenvalue weighted by Gasteiger charge is 2.06. The van der Waals surface area contributed by atoms with Crippen LogP contribution in [0.25, 0.3) is 0 Å². The van der Waals surface area contributed by atoms with Gasteiger partial charge in [-0.1, -0.05) is 15.9 Å². The Bertz CT molecular complexity index is 455. The molecule has 0 aliphatic carbocycles. The van der Waals surface area contributed by atoms with E-state index in [9.17, 15) is 0 Å². The Morgan fingerprint density at radius 1 is 1.44 bits per heavy atom. The number of aliphatic imine (C=N–C) groups is 1. The molecule has 0 saturated heterocycles. The first kappa shape index (κ1) is 12.5. The molecule has 16 heavy (non-hydrogen) atoms. The fourth-order valence-corrected chi connectivity index (χ4v) is 1.35. The minimum absolute atomic E-state index is 0.283. The highest BCUT2D eigenvalue weighted by molar-refractivity contribution is 9.10. The number of allylic oxidation sites excluding steroid dienone is 2. The second-order valence-corrected chi connectivity index (χ2v) is 3.81. The highest BCUT2D eigenvalue weighted by atomic mass is 79.9. The number of rotatable bonds is 3. The van der Waals surface area contributed by atoms with Gasteiger partial charge in [0.25, 0.3) is 0 Å². The number of benzene rings is 1. The van der Waals surface area contributed by atoms with Crippen LogP contribution in [0.15, 0.2) is 45.6 Å². The zero-order chi connectivity index (χ0) is 12.0. The fourth-order valence-electron chi connectivity index (χ4n) is 1.09. The van der Waals surface area contributed by atoms with Crippen LogP contribution in [0, 0.1) is 11.3 Å². The third-order valence-corrected chi connectivity index (χ3v) is 2.40. The van der Waals surface area contributed by atoms with E-state index in [1.807, 2.05) is 30.3 Å². The largest absolute Gasteiger partial charge is 0.455 e. The van der Waals surface area contributed by atoms with Crippen LogP contribution in [-0.4, -0.2) is 12.8 Å². The lowest BCUT2D eigenvalue weighted by Gasteiger charge is -2.07. The zero-order valence-corrected chi connectivity index (χ0v) is 10.7. The van der Waals surface area contributed by atoms with Crippen LogP contribution < -0.4 is 4.74 Å². The van der Waals surface area contributed by atoms with Gasteiger partial charge >= 0.3 is 0 Å². The molecule has 0 fully saturated rings. The number of halogens is 1. The third kappa shape index (κ3) is 3.21. The number of hydrogen-bond acceptors (Lipinski definition) is 3. The molecule has 0 unspecified atom stereocenters. The van der Waals surface area contributed by atoms with E-state index in [1.165, 1.54) is 0 Å². The Labute approximate surface area is 103 Å².